The van der Waals surface area contributed by atoms with Crippen LogP contribution in [0.25, 0.3) is 0 Å². The minimum atomic E-state index is -1.03. The number of aliphatic carboxylic acids is 1. The van der Waals surface area contributed by atoms with Gasteiger partial charge in [-0.3, -0.25) is 0 Å². The van der Waals surface area contributed by atoms with Crippen LogP contribution in [0.4, 0.5) is 4.79 Å². The fourth-order valence-corrected chi connectivity index (χ4v) is 1.67. The minimum Gasteiger partial charge on any atom is -0.480 e. The molecule has 19 heavy (non-hydrogen) atoms. The number of urea groups is 1. The lowest BCUT2D eigenvalue weighted by Gasteiger charge is -2.18. The van der Waals surface area contributed by atoms with E-state index in [-0.39, 0.29) is 12.0 Å². The Morgan fingerprint density at radius 3 is 2.53 bits per heavy atom. The van der Waals surface area contributed by atoms with Crippen LogP contribution < -0.4 is 10.6 Å². The molecule has 0 aliphatic rings. The number of amides is 2. The number of hydrogen-bond donors (Lipinski definition) is 4. The molecule has 0 radical (unpaired) electrons. The van der Waals surface area contributed by atoms with E-state index >= 15 is 0 Å². The van der Waals surface area contributed by atoms with Gasteiger partial charge in [-0.1, -0.05) is 13.8 Å². The van der Waals surface area contributed by atoms with Crippen LogP contribution in [-0.2, 0) is 4.79 Å². The molecule has 2 amide bonds. The normalized spacial score (nSPS) is 13.9. The number of H-pyrrole nitrogens is 1. The summed E-state index contributed by atoms with van der Waals surface area (Å²) in [5.74, 6) is -0.232. The monoisotopic (exact) mass is 268 g/mol. The molecular formula is C12H20N4O3. The van der Waals surface area contributed by atoms with E-state index in [0.29, 0.717) is 12.2 Å². The number of carbonyl (C=O) groups excluding carboxylic acids is 1. The molecule has 0 aromatic carbocycles. The summed E-state index contributed by atoms with van der Waals surface area (Å²) in [5, 5.41) is 14.1. The summed E-state index contributed by atoms with van der Waals surface area (Å²) in [5.41, 5.74) is 0. The number of imidazole rings is 1. The van der Waals surface area contributed by atoms with Gasteiger partial charge in [0.05, 0.1) is 6.04 Å². The first kappa shape index (κ1) is 15.0. The molecule has 0 saturated carbocycles. The van der Waals surface area contributed by atoms with Gasteiger partial charge >= 0.3 is 12.0 Å². The van der Waals surface area contributed by atoms with E-state index in [2.05, 4.69) is 20.6 Å². The van der Waals surface area contributed by atoms with E-state index in [1.807, 2.05) is 13.8 Å². The molecule has 1 aromatic heterocycles. The first-order chi connectivity index (χ1) is 8.90. The quantitative estimate of drug-likeness (QED) is 0.623. The molecule has 2 atom stereocenters. The summed E-state index contributed by atoms with van der Waals surface area (Å²) < 4.78 is 0. The Balaban J connectivity index is 2.51. The van der Waals surface area contributed by atoms with Gasteiger partial charge < -0.3 is 20.7 Å². The van der Waals surface area contributed by atoms with E-state index in [1.165, 1.54) is 0 Å². The zero-order chi connectivity index (χ0) is 14.4. The molecule has 0 aliphatic heterocycles. The van der Waals surface area contributed by atoms with Crippen LogP contribution in [0.2, 0.25) is 0 Å². The fraction of sp³-hybridized carbons (Fsp3) is 0.583. The molecule has 1 rings (SSSR count). The second kappa shape index (κ2) is 6.77. The maximum Gasteiger partial charge on any atom is 0.326 e. The topological polar surface area (TPSA) is 107 Å². The summed E-state index contributed by atoms with van der Waals surface area (Å²) in [6, 6.07) is -1.72. The number of aromatic nitrogens is 2. The van der Waals surface area contributed by atoms with E-state index in [1.54, 1.807) is 19.3 Å². The molecule has 7 nitrogen and oxygen atoms in total. The van der Waals surface area contributed by atoms with Gasteiger partial charge in [0.2, 0.25) is 0 Å². The Hall–Kier alpha value is -2.05. The number of carboxylic acids is 1. The molecule has 1 aromatic rings. The van der Waals surface area contributed by atoms with Crippen LogP contribution in [0.5, 0.6) is 0 Å². The van der Waals surface area contributed by atoms with Gasteiger partial charge in [-0.15, -0.1) is 0 Å². The third-order valence-electron chi connectivity index (χ3n) is 2.59. The molecule has 4 N–H and O–H groups in total. The molecule has 0 spiro atoms. The van der Waals surface area contributed by atoms with Crippen molar-refractivity contribution in [3.63, 3.8) is 0 Å². The van der Waals surface area contributed by atoms with E-state index in [0.717, 1.165) is 0 Å². The molecule has 106 valence electrons. The van der Waals surface area contributed by atoms with Gasteiger partial charge in [-0.05, 0) is 19.3 Å². The number of carboxylic acid groups (broad SMARTS) is 1. The van der Waals surface area contributed by atoms with Crippen molar-refractivity contribution in [2.45, 2.75) is 39.3 Å². The van der Waals surface area contributed by atoms with Crippen LogP contribution in [-0.4, -0.2) is 33.1 Å². The van der Waals surface area contributed by atoms with E-state index < -0.39 is 18.0 Å². The number of hydrogen-bond acceptors (Lipinski definition) is 3. The highest BCUT2D eigenvalue weighted by atomic mass is 16.4. The van der Waals surface area contributed by atoms with Crippen molar-refractivity contribution < 1.29 is 14.7 Å². The van der Waals surface area contributed by atoms with Crippen LogP contribution >= 0.6 is 0 Å². The van der Waals surface area contributed by atoms with Crippen molar-refractivity contribution in [3.05, 3.63) is 18.2 Å². The first-order valence-corrected chi connectivity index (χ1v) is 6.19. The second-order valence-electron chi connectivity index (χ2n) is 4.83. The van der Waals surface area contributed by atoms with Gasteiger partial charge in [0.15, 0.2) is 0 Å². The highest BCUT2D eigenvalue weighted by molar-refractivity contribution is 5.82. The summed E-state index contributed by atoms with van der Waals surface area (Å²) in [4.78, 5) is 29.6. The van der Waals surface area contributed by atoms with Crippen molar-refractivity contribution >= 4 is 12.0 Å². The van der Waals surface area contributed by atoms with Crippen LogP contribution in [0.3, 0.4) is 0 Å². The molecular weight excluding hydrogens is 248 g/mol. The summed E-state index contributed by atoms with van der Waals surface area (Å²) in [6.07, 6.45) is 3.63. The SMILES string of the molecule is CC(C)C[C@H](NC(=O)NC(C)c1ncc[nH]1)C(=O)O. The smallest absolute Gasteiger partial charge is 0.326 e. The Morgan fingerprint density at radius 2 is 2.05 bits per heavy atom. The second-order valence-corrected chi connectivity index (χ2v) is 4.83. The van der Waals surface area contributed by atoms with E-state index in [4.69, 9.17) is 5.11 Å². The maximum absolute atomic E-state index is 11.7. The van der Waals surface area contributed by atoms with Gasteiger partial charge in [-0.25, -0.2) is 14.6 Å². The standard InChI is InChI=1S/C12H20N4O3/c1-7(2)6-9(11(17)18)16-12(19)15-8(3)10-13-4-5-14-10/h4-5,7-9H,6H2,1-3H3,(H,13,14)(H,17,18)(H2,15,16,19)/t8?,9-/m0/s1. The molecule has 0 fully saturated rings. The molecule has 1 unspecified atom stereocenters. The number of rotatable bonds is 6. The van der Waals surface area contributed by atoms with Gasteiger partial charge in [0, 0.05) is 12.4 Å². The van der Waals surface area contributed by atoms with Crippen molar-refractivity contribution in [2.75, 3.05) is 0 Å². The fourth-order valence-electron chi connectivity index (χ4n) is 1.67. The van der Waals surface area contributed by atoms with Crippen LogP contribution in [0, 0.1) is 5.92 Å². The highest BCUT2D eigenvalue weighted by Crippen LogP contribution is 2.07. The van der Waals surface area contributed by atoms with Crippen LogP contribution in [0.15, 0.2) is 12.4 Å². The van der Waals surface area contributed by atoms with Crippen molar-refractivity contribution in [3.8, 4) is 0 Å². The van der Waals surface area contributed by atoms with E-state index in [9.17, 15) is 9.59 Å². The average molecular weight is 268 g/mol. The lowest BCUT2D eigenvalue weighted by Crippen LogP contribution is -2.47. The molecule has 7 heteroatoms. The van der Waals surface area contributed by atoms with Crippen molar-refractivity contribution in [1.82, 2.24) is 20.6 Å². The Labute approximate surface area is 111 Å². The van der Waals surface area contributed by atoms with Crippen molar-refractivity contribution in [1.29, 1.82) is 0 Å². The molecule has 0 aliphatic carbocycles. The molecule has 1 heterocycles. The number of carbonyl (C=O) groups is 2. The largest absolute Gasteiger partial charge is 0.480 e. The predicted molar refractivity (Wildman–Crippen MR) is 69.5 cm³/mol. The lowest BCUT2D eigenvalue weighted by atomic mass is 10.0. The number of nitrogens with one attached hydrogen (secondary N) is 3. The first-order valence-electron chi connectivity index (χ1n) is 6.19. The lowest BCUT2D eigenvalue weighted by molar-refractivity contribution is -0.139. The third kappa shape index (κ3) is 4.99. The summed E-state index contributed by atoms with van der Waals surface area (Å²) >= 11 is 0. The van der Waals surface area contributed by atoms with Crippen molar-refractivity contribution in [2.24, 2.45) is 5.92 Å². The third-order valence-corrected chi connectivity index (χ3v) is 2.59. The molecule has 0 bridgehead atoms. The zero-order valence-electron chi connectivity index (χ0n) is 11.3. The minimum absolute atomic E-state index is 0.184. The van der Waals surface area contributed by atoms with Gasteiger partial charge in [-0.2, -0.15) is 0 Å². The summed E-state index contributed by atoms with van der Waals surface area (Å²) in [7, 11) is 0. The Bertz CT molecular complexity index is 417. The Kier molecular flexibility index (Phi) is 5.35. The average Bonchev–Trinajstić information content (AvgIpc) is 2.80. The summed E-state index contributed by atoms with van der Waals surface area (Å²) in [6.45, 7) is 5.57. The van der Waals surface area contributed by atoms with Gasteiger partial charge in [0.25, 0.3) is 0 Å². The Morgan fingerprint density at radius 1 is 1.37 bits per heavy atom. The molecule has 0 saturated heterocycles. The highest BCUT2D eigenvalue weighted by Gasteiger charge is 2.22. The maximum atomic E-state index is 11.7. The zero-order valence-corrected chi connectivity index (χ0v) is 11.3. The number of nitrogens with zero attached hydrogens (tertiary/aromatic N) is 1. The van der Waals surface area contributed by atoms with Gasteiger partial charge in [0.1, 0.15) is 11.9 Å². The van der Waals surface area contributed by atoms with Crippen LogP contribution in [0.1, 0.15) is 39.1 Å². The number of aromatic amines is 1. The predicted octanol–water partition coefficient (Wildman–Crippen LogP) is 1.27.